The monoisotopic (exact) mass is 199 g/mol. The molecule has 1 saturated heterocycles. The lowest BCUT2D eigenvalue weighted by atomic mass is 10.0. The molecule has 0 radical (unpaired) electrons. The van der Waals surface area contributed by atoms with Crippen molar-refractivity contribution < 1.29 is 14.3 Å². The molecular weight excluding hydrogens is 182 g/mol. The van der Waals surface area contributed by atoms with Crippen molar-refractivity contribution in [3.8, 4) is 0 Å². The molecule has 4 heteroatoms. The molecule has 0 aromatic heterocycles. The van der Waals surface area contributed by atoms with E-state index in [-0.39, 0.29) is 17.9 Å². The van der Waals surface area contributed by atoms with Gasteiger partial charge in [0.05, 0.1) is 6.04 Å². The van der Waals surface area contributed by atoms with E-state index in [4.69, 9.17) is 4.74 Å². The lowest BCUT2D eigenvalue weighted by Gasteiger charge is -2.34. The summed E-state index contributed by atoms with van der Waals surface area (Å²) in [7, 11) is 0. The SMILES string of the molecule is CC(=O)OCC1CCCCN1C(C)=O. The highest BCUT2D eigenvalue weighted by atomic mass is 16.5. The summed E-state index contributed by atoms with van der Waals surface area (Å²) >= 11 is 0. The number of hydrogen-bond donors (Lipinski definition) is 0. The molecular formula is C10H17NO3. The van der Waals surface area contributed by atoms with Crippen LogP contribution in [0.3, 0.4) is 0 Å². The van der Waals surface area contributed by atoms with E-state index in [0.717, 1.165) is 25.8 Å². The van der Waals surface area contributed by atoms with Gasteiger partial charge in [-0.25, -0.2) is 0 Å². The molecule has 4 nitrogen and oxygen atoms in total. The zero-order valence-corrected chi connectivity index (χ0v) is 8.78. The lowest BCUT2D eigenvalue weighted by Crippen LogP contribution is -2.45. The quantitative estimate of drug-likeness (QED) is 0.622. The summed E-state index contributed by atoms with van der Waals surface area (Å²) in [4.78, 5) is 23.7. The molecule has 1 aliphatic heterocycles. The van der Waals surface area contributed by atoms with Crippen LogP contribution in [-0.2, 0) is 14.3 Å². The zero-order valence-electron chi connectivity index (χ0n) is 8.78. The van der Waals surface area contributed by atoms with Crippen molar-refractivity contribution >= 4 is 11.9 Å². The van der Waals surface area contributed by atoms with Crippen LogP contribution in [0.5, 0.6) is 0 Å². The van der Waals surface area contributed by atoms with Gasteiger partial charge in [0.2, 0.25) is 5.91 Å². The predicted molar refractivity (Wildman–Crippen MR) is 51.7 cm³/mol. The van der Waals surface area contributed by atoms with E-state index in [2.05, 4.69) is 0 Å². The van der Waals surface area contributed by atoms with Gasteiger partial charge in [-0.2, -0.15) is 0 Å². The van der Waals surface area contributed by atoms with Crippen molar-refractivity contribution in [2.45, 2.75) is 39.2 Å². The van der Waals surface area contributed by atoms with E-state index < -0.39 is 0 Å². The molecule has 14 heavy (non-hydrogen) atoms. The standard InChI is InChI=1S/C10H17NO3/c1-8(12)11-6-4-3-5-10(11)7-14-9(2)13/h10H,3-7H2,1-2H3. The lowest BCUT2D eigenvalue weighted by molar-refractivity contribution is -0.146. The minimum atomic E-state index is -0.279. The number of rotatable bonds is 2. The van der Waals surface area contributed by atoms with Gasteiger partial charge >= 0.3 is 5.97 Å². The predicted octanol–water partition coefficient (Wildman–Crippen LogP) is 0.950. The fraction of sp³-hybridized carbons (Fsp3) is 0.800. The van der Waals surface area contributed by atoms with Crippen molar-refractivity contribution in [3.05, 3.63) is 0 Å². The van der Waals surface area contributed by atoms with Crippen LogP contribution in [0.2, 0.25) is 0 Å². The third kappa shape index (κ3) is 3.01. The van der Waals surface area contributed by atoms with Gasteiger partial charge in [-0.05, 0) is 19.3 Å². The third-order valence-electron chi connectivity index (χ3n) is 2.51. The minimum Gasteiger partial charge on any atom is -0.464 e. The van der Waals surface area contributed by atoms with E-state index >= 15 is 0 Å². The first kappa shape index (κ1) is 11.0. The molecule has 1 aliphatic rings. The Kier molecular flexibility index (Phi) is 3.92. The van der Waals surface area contributed by atoms with Gasteiger partial charge in [-0.1, -0.05) is 0 Å². The maximum absolute atomic E-state index is 11.2. The summed E-state index contributed by atoms with van der Waals surface area (Å²) in [5, 5.41) is 0. The molecule has 1 fully saturated rings. The fourth-order valence-corrected chi connectivity index (χ4v) is 1.80. The number of hydrogen-bond acceptors (Lipinski definition) is 3. The van der Waals surface area contributed by atoms with Crippen molar-refractivity contribution in [2.24, 2.45) is 0 Å². The van der Waals surface area contributed by atoms with Gasteiger partial charge < -0.3 is 9.64 Å². The number of piperidine rings is 1. The number of carbonyl (C=O) groups excluding carboxylic acids is 2. The molecule has 1 rings (SSSR count). The summed E-state index contributed by atoms with van der Waals surface area (Å²) in [5.41, 5.74) is 0. The van der Waals surface area contributed by atoms with Crippen LogP contribution in [0.25, 0.3) is 0 Å². The first-order chi connectivity index (χ1) is 6.61. The van der Waals surface area contributed by atoms with E-state index in [0.29, 0.717) is 6.61 Å². The highest BCUT2D eigenvalue weighted by molar-refractivity contribution is 5.73. The Bertz CT molecular complexity index is 227. The topological polar surface area (TPSA) is 46.6 Å². The van der Waals surface area contributed by atoms with Gasteiger partial charge in [0.25, 0.3) is 0 Å². The zero-order chi connectivity index (χ0) is 10.6. The van der Waals surface area contributed by atoms with E-state index in [1.807, 2.05) is 0 Å². The first-order valence-electron chi connectivity index (χ1n) is 5.02. The first-order valence-corrected chi connectivity index (χ1v) is 5.02. The van der Waals surface area contributed by atoms with E-state index in [1.165, 1.54) is 6.92 Å². The van der Waals surface area contributed by atoms with Crippen LogP contribution in [0.1, 0.15) is 33.1 Å². The molecule has 1 atom stereocenters. The van der Waals surface area contributed by atoms with Crippen LogP contribution < -0.4 is 0 Å². The number of carbonyl (C=O) groups is 2. The Labute approximate surface area is 84.2 Å². The Morgan fingerprint density at radius 1 is 1.36 bits per heavy atom. The fourth-order valence-electron chi connectivity index (χ4n) is 1.80. The Morgan fingerprint density at radius 2 is 2.07 bits per heavy atom. The van der Waals surface area contributed by atoms with Crippen LogP contribution in [0, 0.1) is 0 Å². The molecule has 0 aromatic carbocycles. The molecule has 1 heterocycles. The summed E-state index contributed by atoms with van der Waals surface area (Å²) < 4.78 is 4.93. The van der Waals surface area contributed by atoms with Crippen LogP contribution in [0.15, 0.2) is 0 Å². The largest absolute Gasteiger partial charge is 0.464 e. The van der Waals surface area contributed by atoms with Gasteiger partial charge in [0.15, 0.2) is 0 Å². The maximum Gasteiger partial charge on any atom is 0.302 e. The second-order valence-corrected chi connectivity index (χ2v) is 3.66. The summed E-state index contributed by atoms with van der Waals surface area (Å²) in [5.74, 6) is -0.207. The molecule has 0 aromatic rings. The van der Waals surface area contributed by atoms with Crippen molar-refractivity contribution in [1.82, 2.24) is 4.90 Å². The Morgan fingerprint density at radius 3 is 2.64 bits per heavy atom. The average Bonchev–Trinajstić information content (AvgIpc) is 2.15. The summed E-state index contributed by atoms with van der Waals surface area (Å²) in [6.07, 6.45) is 3.10. The van der Waals surface area contributed by atoms with Gasteiger partial charge in [-0.15, -0.1) is 0 Å². The number of likely N-dealkylation sites (tertiary alicyclic amines) is 1. The molecule has 1 unspecified atom stereocenters. The highest BCUT2D eigenvalue weighted by Gasteiger charge is 2.24. The second-order valence-electron chi connectivity index (χ2n) is 3.66. The molecule has 0 bridgehead atoms. The van der Waals surface area contributed by atoms with Crippen molar-refractivity contribution in [2.75, 3.05) is 13.2 Å². The Hall–Kier alpha value is -1.06. The number of amides is 1. The maximum atomic E-state index is 11.2. The highest BCUT2D eigenvalue weighted by Crippen LogP contribution is 2.17. The Balaban J connectivity index is 2.45. The molecule has 0 aliphatic carbocycles. The van der Waals surface area contributed by atoms with Gasteiger partial charge in [0, 0.05) is 20.4 Å². The van der Waals surface area contributed by atoms with E-state index in [1.54, 1.807) is 11.8 Å². The van der Waals surface area contributed by atoms with E-state index in [9.17, 15) is 9.59 Å². The van der Waals surface area contributed by atoms with Crippen molar-refractivity contribution in [1.29, 1.82) is 0 Å². The molecule has 0 saturated carbocycles. The van der Waals surface area contributed by atoms with Gasteiger partial charge in [0.1, 0.15) is 6.61 Å². The molecule has 1 amide bonds. The van der Waals surface area contributed by atoms with Crippen LogP contribution >= 0.6 is 0 Å². The summed E-state index contributed by atoms with van der Waals surface area (Å²) in [6, 6.07) is 0.0881. The number of ether oxygens (including phenoxy) is 1. The third-order valence-corrected chi connectivity index (χ3v) is 2.51. The molecule has 0 spiro atoms. The molecule has 80 valence electrons. The molecule has 0 N–H and O–H groups in total. The van der Waals surface area contributed by atoms with Crippen molar-refractivity contribution in [3.63, 3.8) is 0 Å². The van der Waals surface area contributed by atoms with Gasteiger partial charge in [-0.3, -0.25) is 9.59 Å². The van der Waals surface area contributed by atoms with Crippen LogP contribution in [0.4, 0.5) is 0 Å². The number of nitrogens with zero attached hydrogens (tertiary/aromatic N) is 1. The smallest absolute Gasteiger partial charge is 0.302 e. The number of esters is 1. The summed E-state index contributed by atoms with van der Waals surface area (Å²) in [6.45, 7) is 4.09. The average molecular weight is 199 g/mol. The van der Waals surface area contributed by atoms with Crippen LogP contribution in [-0.4, -0.2) is 36.0 Å². The second kappa shape index (κ2) is 4.98. The normalized spacial score (nSPS) is 21.9. The minimum absolute atomic E-state index is 0.0712.